The molecule has 0 radical (unpaired) electrons. The third-order valence-electron chi connectivity index (χ3n) is 4.65. The van der Waals surface area contributed by atoms with Gasteiger partial charge in [-0.2, -0.15) is 5.10 Å². The minimum atomic E-state index is -0.643. The van der Waals surface area contributed by atoms with Gasteiger partial charge in [-0.05, 0) is 31.7 Å². The Balaban J connectivity index is 2.08. The molecule has 1 N–H and O–H groups in total. The molecule has 8 nitrogen and oxygen atoms in total. The molecular weight excluding hydrogens is 336 g/mol. The van der Waals surface area contributed by atoms with Gasteiger partial charge >= 0.3 is 5.69 Å². The smallest absolute Gasteiger partial charge is 0.272 e. The lowest BCUT2D eigenvalue weighted by atomic mass is 10.00. The summed E-state index contributed by atoms with van der Waals surface area (Å²) in [5.74, 6) is 0. The van der Waals surface area contributed by atoms with Crippen LogP contribution in [0.3, 0.4) is 0 Å². The second kappa shape index (κ2) is 10.5. The van der Waals surface area contributed by atoms with Crippen molar-refractivity contribution in [2.75, 3.05) is 5.43 Å². The molecule has 1 aromatic carbocycles. The normalized spacial score (nSPS) is 16.8. The quantitative estimate of drug-likeness (QED) is 0.555. The fraction of sp³-hybridized carbons (Fsp3) is 0.611. The number of anilines is 1. The first-order chi connectivity index (χ1) is 12.6. The van der Waals surface area contributed by atoms with E-state index in [2.05, 4.69) is 10.5 Å². The Bertz CT molecular complexity index is 647. The number of rotatable bonds is 4. The molecule has 1 saturated carbocycles. The second-order valence-corrected chi connectivity index (χ2v) is 6.69. The number of benzene rings is 1. The van der Waals surface area contributed by atoms with Gasteiger partial charge in [0.05, 0.1) is 15.9 Å². The monoisotopic (exact) mass is 362 g/mol. The number of nitro groups is 2. The van der Waals surface area contributed by atoms with Gasteiger partial charge in [0.25, 0.3) is 5.69 Å². The van der Waals surface area contributed by atoms with E-state index in [1.807, 2.05) is 0 Å². The molecule has 0 saturated heterocycles. The molecule has 0 aliphatic heterocycles. The highest BCUT2D eigenvalue weighted by Crippen LogP contribution is 2.29. The lowest BCUT2D eigenvalue weighted by Crippen LogP contribution is -2.05. The van der Waals surface area contributed by atoms with Crippen LogP contribution in [0.15, 0.2) is 23.3 Å². The summed E-state index contributed by atoms with van der Waals surface area (Å²) in [7, 11) is 0. The van der Waals surface area contributed by atoms with Crippen LogP contribution in [-0.2, 0) is 0 Å². The number of nitrogens with one attached hydrogen (secondary N) is 1. The van der Waals surface area contributed by atoms with Crippen molar-refractivity contribution in [2.45, 2.75) is 70.6 Å². The molecule has 1 aliphatic rings. The van der Waals surface area contributed by atoms with E-state index in [9.17, 15) is 20.2 Å². The van der Waals surface area contributed by atoms with Crippen LogP contribution in [0.25, 0.3) is 0 Å². The predicted octanol–water partition coefficient (Wildman–Crippen LogP) is 5.58. The van der Waals surface area contributed by atoms with E-state index in [1.54, 1.807) is 0 Å². The fourth-order valence-electron chi connectivity index (χ4n) is 3.15. The highest BCUT2D eigenvalue weighted by molar-refractivity contribution is 5.85. The van der Waals surface area contributed by atoms with Crippen LogP contribution in [0.1, 0.15) is 70.6 Å². The van der Waals surface area contributed by atoms with E-state index >= 15 is 0 Å². The van der Waals surface area contributed by atoms with Crippen molar-refractivity contribution in [2.24, 2.45) is 5.10 Å². The van der Waals surface area contributed by atoms with Gasteiger partial charge in [-0.1, -0.05) is 44.9 Å². The number of non-ortho nitro benzene ring substituents is 1. The average Bonchev–Trinajstić information content (AvgIpc) is 2.61. The maximum Gasteiger partial charge on any atom is 0.301 e. The fourth-order valence-corrected chi connectivity index (χ4v) is 3.15. The van der Waals surface area contributed by atoms with Gasteiger partial charge in [-0.15, -0.1) is 0 Å². The molecule has 1 fully saturated rings. The molecule has 1 aliphatic carbocycles. The lowest BCUT2D eigenvalue weighted by Gasteiger charge is -2.10. The van der Waals surface area contributed by atoms with Crippen molar-refractivity contribution >= 4 is 22.8 Å². The van der Waals surface area contributed by atoms with Crippen LogP contribution in [0.5, 0.6) is 0 Å². The van der Waals surface area contributed by atoms with Crippen LogP contribution >= 0.6 is 0 Å². The summed E-state index contributed by atoms with van der Waals surface area (Å²) < 4.78 is 0. The van der Waals surface area contributed by atoms with Crippen LogP contribution in [0.4, 0.5) is 17.1 Å². The Morgan fingerprint density at radius 1 is 0.808 bits per heavy atom. The summed E-state index contributed by atoms with van der Waals surface area (Å²) in [5.41, 5.74) is 3.32. The Labute approximate surface area is 153 Å². The van der Waals surface area contributed by atoms with Crippen molar-refractivity contribution in [3.05, 3.63) is 38.4 Å². The van der Waals surface area contributed by atoms with Gasteiger partial charge in [0.1, 0.15) is 5.69 Å². The maximum atomic E-state index is 11.2. The van der Waals surface area contributed by atoms with E-state index in [1.165, 1.54) is 57.1 Å². The number of hydrogen-bond donors (Lipinski definition) is 1. The van der Waals surface area contributed by atoms with Crippen molar-refractivity contribution in [1.29, 1.82) is 0 Å². The van der Waals surface area contributed by atoms with Crippen LogP contribution in [0, 0.1) is 20.2 Å². The number of hydrazone groups is 1. The first-order valence-corrected chi connectivity index (χ1v) is 9.32. The Morgan fingerprint density at radius 3 is 1.85 bits per heavy atom. The Kier molecular flexibility index (Phi) is 7.98. The summed E-state index contributed by atoms with van der Waals surface area (Å²) in [6, 6.07) is 3.55. The van der Waals surface area contributed by atoms with Crippen molar-refractivity contribution in [3.8, 4) is 0 Å². The zero-order chi connectivity index (χ0) is 18.8. The van der Waals surface area contributed by atoms with E-state index in [0.29, 0.717) is 0 Å². The zero-order valence-corrected chi connectivity index (χ0v) is 15.0. The molecule has 142 valence electrons. The summed E-state index contributed by atoms with van der Waals surface area (Å²) in [5, 5.41) is 26.4. The van der Waals surface area contributed by atoms with Crippen LogP contribution in [0.2, 0.25) is 0 Å². The molecule has 0 bridgehead atoms. The van der Waals surface area contributed by atoms with Gasteiger partial charge in [-0.3, -0.25) is 25.7 Å². The highest BCUT2D eigenvalue weighted by Gasteiger charge is 2.19. The Hall–Kier alpha value is -2.51. The van der Waals surface area contributed by atoms with Crippen LogP contribution < -0.4 is 5.43 Å². The SMILES string of the molecule is O=[N+]([O-])c1ccc(NN=C2CCCCCCCCCCC2)c([N+](=O)[O-])c1. The van der Waals surface area contributed by atoms with Crippen molar-refractivity contribution < 1.29 is 9.85 Å². The molecule has 0 aromatic heterocycles. The molecule has 0 atom stereocenters. The summed E-state index contributed by atoms with van der Waals surface area (Å²) in [6.45, 7) is 0. The molecule has 0 amide bonds. The molecule has 0 unspecified atom stereocenters. The first kappa shape index (κ1) is 19.8. The topological polar surface area (TPSA) is 111 Å². The third-order valence-corrected chi connectivity index (χ3v) is 4.65. The van der Waals surface area contributed by atoms with Gasteiger partial charge < -0.3 is 0 Å². The van der Waals surface area contributed by atoms with Crippen LogP contribution in [-0.4, -0.2) is 15.6 Å². The molecular formula is C18H26N4O4. The third kappa shape index (κ3) is 6.42. The van der Waals surface area contributed by atoms with Crippen molar-refractivity contribution in [3.63, 3.8) is 0 Å². The van der Waals surface area contributed by atoms with Gasteiger partial charge in [-0.25, -0.2) is 0 Å². The number of nitrogens with zero attached hydrogens (tertiary/aromatic N) is 3. The lowest BCUT2D eigenvalue weighted by molar-refractivity contribution is -0.393. The maximum absolute atomic E-state index is 11.2. The Morgan fingerprint density at radius 2 is 1.35 bits per heavy atom. The standard InChI is InChI=1S/C18H26N4O4/c23-21(24)16-12-13-17(18(14-16)22(25)26)20-19-15-10-8-6-4-2-1-3-5-7-9-11-15/h12-14,20H,1-11H2. The second-order valence-electron chi connectivity index (χ2n) is 6.69. The van der Waals surface area contributed by atoms with E-state index in [4.69, 9.17) is 0 Å². The zero-order valence-electron chi connectivity index (χ0n) is 15.0. The number of hydrogen-bond acceptors (Lipinski definition) is 6. The van der Waals surface area contributed by atoms with Gasteiger partial charge in [0, 0.05) is 11.8 Å². The molecule has 0 spiro atoms. The van der Waals surface area contributed by atoms with Crippen molar-refractivity contribution in [1.82, 2.24) is 0 Å². The minimum absolute atomic E-state index is 0.180. The summed E-state index contributed by atoms with van der Waals surface area (Å²) >= 11 is 0. The molecule has 1 aromatic rings. The largest absolute Gasteiger partial charge is 0.301 e. The predicted molar refractivity (Wildman–Crippen MR) is 102 cm³/mol. The minimum Gasteiger partial charge on any atom is -0.272 e. The molecule has 2 rings (SSSR count). The van der Waals surface area contributed by atoms with Gasteiger partial charge in [0.2, 0.25) is 0 Å². The summed E-state index contributed by atoms with van der Waals surface area (Å²) in [4.78, 5) is 20.7. The molecule has 26 heavy (non-hydrogen) atoms. The highest BCUT2D eigenvalue weighted by atomic mass is 16.6. The number of nitro benzene ring substituents is 2. The van der Waals surface area contributed by atoms with E-state index in [-0.39, 0.29) is 17.1 Å². The van der Waals surface area contributed by atoms with Gasteiger partial charge in [0.15, 0.2) is 0 Å². The average molecular weight is 362 g/mol. The molecule has 0 heterocycles. The summed E-state index contributed by atoms with van der Waals surface area (Å²) in [6.07, 6.45) is 12.7. The first-order valence-electron chi connectivity index (χ1n) is 9.32. The molecule has 8 heteroatoms. The van der Waals surface area contributed by atoms with E-state index in [0.717, 1.165) is 37.5 Å². The van der Waals surface area contributed by atoms with E-state index < -0.39 is 9.85 Å².